The van der Waals surface area contributed by atoms with Gasteiger partial charge < -0.3 is 5.32 Å². The number of carbonyl (C=O) groups is 1. The quantitative estimate of drug-likeness (QED) is 0.826. The number of carbonyl (C=O) groups excluding carboxylic acids is 1. The van der Waals surface area contributed by atoms with Gasteiger partial charge >= 0.3 is 0 Å². The fourth-order valence-electron chi connectivity index (χ4n) is 1.20. The molecule has 0 aromatic carbocycles. The monoisotopic (exact) mass is 323 g/mol. The van der Waals surface area contributed by atoms with Crippen molar-refractivity contribution in [3.63, 3.8) is 0 Å². The van der Waals surface area contributed by atoms with Crippen LogP contribution in [0.3, 0.4) is 0 Å². The summed E-state index contributed by atoms with van der Waals surface area (Å²) in [7, 11) is 0. The van der Waals surface area contributed by atoms with Crippen LogP contribution in [0.25, 0.3) is 0 Å². The van der Waals surface area contributed by atoms with E-state index in [1.54, 1.807) is 11.3 Å². The molecule has 90 valence electrons. The van der Waals surface area contributed by atoms with Gasteiger partial charge in [-0.25, -0.2) is 0 Å². The lowest BCUT2D eigenvalue weighted by Crippen LogP contribution is -2.35. The summed E-state index contributed by atoms with van der Waals surface area (Å²) in [5.41, 5.74) is 0. The SMILES string of the molecule is CC(C)C(Br)C(=O)NCCc1ccc(Cl)s1. The Bertz CT molecular complexity index is 354. The van der Waals surface area contributed by atoms with Gasteiger partial charge in [-0.15, -0.1) is 11.3 Å². The summed E-state index contributed by atoms with van der Waals surface area (Å²) in [6, 6.07) is 3.87. The van der Waals surface area contributed by atoms with E-state index in [0.29, 0.717) is 12.5 Å². The highest BCUT2D eigenvalue weighted by molar-refractivity contribution is 9.10. The molecule has 0 aliphatic carbocycles. The Kier molecular flexibility index (Phi) is 5.79. The van der Waals surface area contributed by atoms with Crippen molar-refractivity contribution in [2.24, 2.45) is 5.92 Å². The van der Waals surface area contributed by atoms with Crippen molar-refractivity contribution >= 4 is 44.8 Å². The summed E-state index contributed by atoms with van der Waals surface area (Å²) in [4.78, 5) is 12.7. The second-order valence-electron chi connectivity index (χ2n) is 3.89. The van der Waals surface area contributed by atoms with Crippen molar-refractivity contribution < 1.29 is 4.79 Å². The van der Waals surface area contributed by atoms with Gasteiger partial charge in [0.05, 0.1) is 9.16 Å². The van der Waals surface area contributed by atoms with Crippen molar-refractivity contribution in [1.82, 2.24) is 5.32 Å². The molecule has 0 saturated carbocycles. The molecule has 0 bridgehead atoms. The summed E-state index contributed by atoms with van der Waals surface area (Å²) < 4.78 is 0.793. The molecule has 16 heavy (non-hydrogen) atoms. The second kappa shape index (κ2) is 6.62. The summed E-state index contributed by atoms with van der Waals surface area (Å²) in [5.74, 6) is 0.355. The summed E-state index contributed by atoms with van der Waals surface area (Å²) in [6.45, 7) is 4.68. The van der Waals surface area contributed by atoms with E-state index in [1.807, 2.05) is 26.0 Å². The lowest BCUT2D eigenvalue weighted by Gasteiger charge is -2.13. The summed E-state index contributed by atoms with van der Waals surface area (Å²) >= 11 is 10.7. The van der Waals surface area contributed by atoms with E-state index in [-0.39, 0.29) is 10.7 Å². The number of hydrogen-bond acceptors (Lipinski definition) is 2. The molecular formula is C11H15BrClNOS. The van der Waals surface area contributed by atoms with E-state index in [1.165, 1.54) is 4.88 Å². The molecule has 0 fully saturated rings. The molecule has 0 radical (unpaired) electrons. The van der Waals surface area contributed by atoms with E-state index >= 15 is 0 Å². The Labute approximate surface area is 114 Å². The fourth-order valence-corrected chi connectivity index (χ4v) is 2.44. The summed E-state index contributed by atoms with van der Waals surface area (Å²) in [6.07, 6.45) is 0.834. The molecule has 2 nitrogen and oxygen atoms in total. The van der Waals surface area contributed by atoms with Crippen LogP contribution in [0, 0.1) is 5.92 Å². The highest BCUT2D eigenvalue weighted by Crippen LogP contribution is 2.21. The Morgan fingerprint density at radius 3 is 2.75 bits per heavy atom. The Hall–Kier alpha value is -0.0600. The molecule has 1 aromatic heterocycles. The average Bonchev–Trinajstić information content (AvgIpc) is 2.62. The van der Waals surface area contributed by atoms with Gasteiger partial charge in [0, 0.05) is 11.4 Å². The zero-order valence-electron chi connectivity index (χ0n) is 9.30. The minimum atomic E-state index is -0.112. The first-order valence-electron chi connectivity index (χ1n) is 5.16. The van der Waals surface area contributed by atoms with E-state index in [2.05, 4.69) is 21.2 Å². The first kappa shape index (κ1) is 14.0. The molecule has 1 unspecified atom stereocenters. The highest BCUT2D eigenvalue weighted by Gasteiger charge is 2.17. The van der Waals surface area contributed by atoms with Gasteiger partial charge in [0.1, 0.15) is 0 Å². The van der Waals surface area contributed by atoms with Crippen molar-refractivity contribution in [2.45, 2.75) is 25.1 Å². The highest BCUT2D eigenvalue weighted by atomic mass is 79.9. The van der Waals surface area contributed by atoms with Gasteiger partial charge in [-0.3, -0.25) is 4.79 Å². The number of amides is 1. The van der Waals surface area contributed by atoms with Crippen molar-refractivity contribution in [3.05, 3.63) is 21.3 Å². The summed E-state index contributed by atoms with van der Waals surface area (Å²) in [5, 5.41) is 2.90. The van der Waals surface area contributed by atoms with Gasteiger partial charge in [0.2, 0.25) is 5.91 Å². The molecular weight excluding hydrogens is 310 g/mol. The zero-order valence-corrected chi connectivity index (χ0v) is 12.5. The lowest BCUT2D eigenvalue weighted by atomic mass is 10.1. The number of halogens is 2. The van der Waals surface area contributed by atoms with Crippen LogP contribution in [0.4, 0.5) is 0 Å². The van der Waals surface area contributed by atoms with E-state index in [9.17, 15) is 4.79 Å². The maximum Gasteiger partial charge on any atom is 0.234 e. The predicted octanol–water partition coefficient (Wildman–Crippen LogP) is 3.48. The number of nitrogens with one attached hydrogen (secondary N) is 1. The van der Waals surface area contributed by atoms with Gasteiger partial charge in [-0.2, -0.15) is 0 Å². The maximum absolute atomic E-state index is 11.6. The Morgan fingerprint density at radius 1 is 1.56 bits per heavy atom. The van der Waals surface area contributed by atoms with Gasteiger partial charge in [0.25, 0.3) is 0 Å². The van der Waals surface area contributed by atoms with E-state index < -0.39 is 0 Å². The van der Waals surface area contributed by atoms with Crippen LogP contribution in [0.5, 0.6) is 0 Å². The number of thiophene rings is 1. The maximum atomic E-state index is 11.6. The number of alkyl halides is 1. The van der Waals surface area contributed by atoms with Crippen LogP contribution in [0.2, 0.25) is 4.34 Å². The van der Waals surface area contributed by atoms with Crippen molar-refractivity contribution in [3.8, 4) is 0 Å². The molecule has 1 aromatic rings. The zero-order chi connectivity index (χ0) is 12.1. The Morgan fingerprint density at radius 2 is 2.25 bits per heavy atom. The molecule has 1 atom stereocenters. The third-order valence-electron chi connectivity index (χ3n) is 2.14. The minimum absolute atomic E-state index is 0.0534. The van der Waals surface area contributed by atoms with Crippen LogP contribution in [-0.2, 0) is 11.2 Å². The first-order valence-corrected chi connectivity index (χ1v) is 7.27. The van der Waals surface area contributed by atoms with Gasteiger partial charge in [0.15, 0.2) is 0 Å². The van der Waals surface area contributed by atoms with Crippen LogP contribution < -0.4 is 5.32 Å². The van der Waals surface area contributed by atoms with Crippen LogP contribution >= 0.6 is 38.9 Å². The molecule has 1 amide bonds. The molecule has 0 aliphatic rings. The molecule has 1 rings (SSSR count). The van der Waals surface area contributed by atoms with Gasteiger partial charge in [-0.1, -0.05) is 41.4 Å². The van der Waals surface area contributed by atoms with Crippen LogP contribution in [-0.4, -0.2) is 17.3 Å². The lowest BCUT2D eigenvalue weighted by molar-refractivity contribution is -0.121. The third-order valence-corrected chi connectivity index (χ3v) is 4.90. The second-order valence-corrected chi connectivity index (χ2v) is 6.68. The van der Waals surface area contributed by atoms with Crippen molar-refractivity contribution in [1.29, 1.82) is 0 Å². The van der Waals surface area contributed by atoms with E-state index in [4.69, 9.17) is 11.6 Å². The van der Waals surface area contributed by atoms with E-state index in [0.717, 1.165) is 10.8 Å². The predicted molar refractivity (Wildman–Crippen MR) is 73.6 cm³/mol. The smallest absolute Gasteiger partial charge is 0.234 e. The fraction of sp³-hybridized carbons (Fsp3) is 0.545. The Balaban J connectivity index is 2.28. The minimum Gasteiger partial charge on any atom is -0.355 e. The molecule has 5 heteroatoms. The molecule has 1 heterocycles. The standard InChI is InChI=1S/C11H15BrClNOS/c1-7(2)10(12)11(15)14-6-5-8-3-4-9(13)16-8/h3-4,7,10H,5-6H2,1-2H3,(H,14,15). The molecule has 0 aliphatic heterocycles. The average molecular weight is 325 g/mol. The number of rotatable bonds is 5. The normalized spacial score (nSPS) is 12.8. The largest absolute Gasteiger partial charge is 0.355 e. The van der Waals surface area contributed by atoms with Gasteiger partial charge in [-0.05, 0) is 24.5 Å². The van der Waals surface area contributed by atoms with Crippen LogP contribution in [0.1, 0.15) is 18.7 Å². The molecule has 0 spiro atoms. The molecule has 1 N–H and O–H groups in total. The first-order chi connectivity index (χ1) is 7.50. The van der Waals surface area contributed by atoms with Crippen molar-refractivity contribution in [2.75, 3.05) is 6.54 Å². The van der Waals surface area contributed by atoms with Crippen LogP contribution in [0.15, 0.2) is 12.1 Å². The topological polar surface area (TPSA) is 29.1 Å². The molecule has 0 saturated heterocycles. The number of hydrogen-bond donors (Lipinski definition) is 1. The third kappa shape index (κ3) is 4.44.